The van der Waals surface area contributed by atoms with Crippen molar-refractivity contribution in [1.82, 2.24) is 20.4 Å². The molecule has 1 N–H and O–H groups in total. The predicted molar refractivity (Wildman–Crippen MR) is 128 cm³/mol. The number of carbonyl (C=O) groups excluding carboxylic acids is 2. The molecule has 2 aromatic rings. The van der Waals surface area contributed by atoms with Crippen molar-refractivity contribution in [2.75, 3.05) is 26.4 Å². The van der Waals surface area contributed by atoms with Crippen LogP contribution in [0.1, 0.15) is 54.8 Å². The Hall–Kier alpha value is -1.90. The number of nitrogens with one attached hydrogen (secondary N) is 1. The summed E-state index contributed by atoms with van der Waals surface area (Å²) in [5, 5.41) is 11.3. The predicted octanol–water partition coefficient (Wildman–Crippen LogP) is 4.03. The van der Waals surface area contributed by atoms with E-state index in [4.69, 9.17) is 4.42 Å². The zero-order chi connectivity index (χ0) is 22.1. The van der Waals surface area contributed by atoms with Gasteiger partial charge in [0.1, 0.15) is 0 Å². The molecule has 176 valence electrons. The average molecular weight is 481 g/mol. The monoisotopic (exact) mass is 480 g/mol. The summed E-state index contributed by atoms with van der Waals surface area (Å²) in [4.78, 5) is 28.0. The van der Waals surface area contributed by atoms with Crippen molar-refractivity contribution < 1.29 is 14.0 Å². The topological polar surface area (TPSA) is 88.3 Å². The fraction of sp³-hybridized carbons (Fsp3) is 0.565. The van der Waals surface area contributed by atoms with E-state index in [0.29, 0.717) is 18.1 Å². The highest BCUT2D eigenvalue weighted by Gasteiger charge is 2.30. The lowest BCUT2D eigenvalue weighted by molar-refractivity contribution is -0.126. The van der Waals surface area contributed by atoms with Crippen LogP contribution in [0.3, 0.4) is 0 Å². The molecule has 9 heteroatoms. The Balaban J connectivity index is 0.00000363. The maximum Gasteiger partial charge on any atom is 0.286 e. The van der Waals surface area contributed by atoms with E-state index in [9.17, 15) is 9.59 Å². The second-order valence-corrected chi connectivity index (χ2v) is 9.36. The Labute approximate surface area is 200 Å². The number of benzene rings is 1. The number of aryl methyl sites for hydroxylation is 1. The molecule has 1 amide bonds. The van der Waals surface area contributed by atoms with E-state index < -0.39 is 6.04 Å². The van der Waals surface area contributed by atoms with E-state index in [1.165, 1.54) is 18.2 Å². The van der Waals surface area contributed by atoms with Gasteiger partial charge in [-0.05, 0) is 45.3 Å². The zero-order valence-electron chi connectivity index (χ0n) is 18.8. The summed E-state index contributed by atoms with van der Waals surface area (Å²) in [7, 11) is 3.99. The van der Waals surface area contributed by atoms with Gasteiger partial charge in [0.25, 0.3) is 11.1 Å². The van der Waals surface area contributed by atoms with Gasteiger partial charge in [-0.3, -0.25) is 9.59 Å². The lowest BCUT2D eigenvalue weighted by Crippen LogP contribution is -2.44. The number of thioether (sulfide) groups is 1. The van der Waals surface area contributed by atoms with Crippen LogP contribution in [0.15, 0.2) is 40.0 Å². The van der Waals surface area contributed by atoms with Crippen LogP contribution >= 0.6 is 24.2 Å². The third kappa shape index (κ3) is 8.22. The number of rotatable bonds is 11. The highest BCUT2D eigenvalue weighted by atomic mass is 35.5. The highest BCUT2D eigenvalue weighted by molar-refractivity contribution is 7.99. The molecule has 1 fully saturated rings. The summed E-state index contributed by atoms with van der Waals surface area (Å²) in [6.45, 7) is 0.869. The van der Waals surface area contributed by atoms with Crippen LogP contribution in [0.4, 0.5) is 0 Å². The number of hydrogen-bond acceptors (Lipinski definition) is 7. The third-order valence-corrected chi connectivity index (χ3v) is 6.35. The molecule has 0 bridgehead atoms. The van der Waals surface area contributed by atoms with Gasteiger partial charge in [0.2, 0.25) is 11.7 Å². The zero-order valence-corrected chi connectivity index (χ0v) is 20.4. The van der Waals surface area contributed by atoms with Crippen LogP contribution in [-0.2, 0) is 11.2 Å². The molecule has 32 heavy (non-hydrogen) atoms. The first kappa shape index (κ1) is 26.4. The van der Waals surface area contributed by atoms with Crippen molar-refractivity contribution >= 4 is 35.9 Å². The van der Waals surface area contributed by atoms with Gasteiger partial charge in [-0.2, -0.15) is 0 Å². The number of halogens is 1. The molecule has 0 saturated heterocycles. The van der Waals surface area contributed by atoms with Crippen LogP contribution in [-0.4, -0.2) is 59.2 Å². The Kier molecular flexibility index (Phi) is 11.2. The fourth-order valence-electron chi connectivity index (χ4n) is 3.71. The van der Waals surface area contributed by atoms with Gasteiger partial charge in [0.15, 0.2) is 0 Å². The minimum absolute atomic E-state index is 0. The molecule has 1 heterocycles. The fourth-order valence-corrected chi connectivity index (χ4v) is 4.58. The maximum atomic E-state index is 13.2. The van der Waals surface area contributed by atoms with Crippen molar-refractivity contribution in [3.63, 3.8) is 0 Å². The van der Waals surface area contributed by atoms with Crippen LogP contribution in [0.5, 0.6) is 0 Å². The highest BCUT2D eigenvalue weighted by Crippen LogP contribution is 2.24. The van der Waals surface area contributed by atoms with Gasteiger partial charge < -0.3 is 14.6 Å². The second-order valence-electron chi connectivity index (χ2n) is 8.31. The summed E-state index contributed by atoms with van der Waals surface area (Å²) in [5.74, 6) is 0.395. The van der Waals surface area contributed by atoms with Crippen molar-refractivity contribution in [2.24, 2.45) is 5.92 Å². The van der Waals surface area contributed by atoms with E-state index >= 15 is 0 Å². The molecule has 7 nitrogen and oxygen atoms in total. The molecule has 1 unspecified atom stereocenters. The number of hydrogen-bond donors (Lipinski definition) is 1. The van der Waals surface area contributed by atoms with Gasteiger partial charge in [-0.25, -0.2) is 0 Å². The Morgan fingerprint density at radius 3 is 2.56 bits per heavy atom. The minimum atomic E-state index is -0.672. The van der Waals surface area contributed by atoms with E-state index in [-0.39, 0.29) is 35.9 Å². The molecule has 3 rings (SSSR count). The SMILES string of the molecule is CN(C)CCSc1nnc(C(=O)C(CCc2ccccc2)NC(=O)C2CCCCC2)o1.Cl. The van der Waals surface area contributed by atoms with E-state index in [0.717, 1.165) is 43.5 Å². The first-order valence-electron chi connectivity index (χ1n) is 11.0. The van der Waals surface area contributed by atoms with E-state index in [1.54, 1.807) is 0 Å². The van der Waals surface area contributed by atoms with Crippen LogP contribution in [0, 0.1) is 5.92 Å². The minimum Gasteiger partial charge on any atom is -0.408 e. The summed E-state index contributed by atoms with van der Waals surface area (Å²) in [6, 6.07) is 9.29. The van der Waals surface area contributed by atoms with E-state index in [1.807, 2.05) is 44.4 Å². The lowest BCUT2D eigenvalue weighted by Gasteiger charge is -2.24. The largest absolute Gasteiger partial charge is 0.408 e. The van der Waals surface area contributed by atoms with Crippen LogP contribution < -0.4 is 5.32 Å². The molecular weight excluding hydrogens is 448 g/mol. The number of amides is 1. The number of Topliss-reactive ketones (excluding diaryl/α,β-unsaturated/α-hetero) is 1. The van der Waals surface area contributed by atoms with Crippen molar-refractivity contribution in [3.05, 3.63) is 41.8 Å². The molecule has 1 atom stereocenters. The molecule has 1 aliphatic rings. The molecule has 1 aromatic heterocycles. The van der Waals surface area contributed by atoms with E-state index in [2.05, 4.69) is 20.4 Å². The first-order valence-corrected chi connectivity index (χ1v) is 12.0. The number of nitrogens with zero attached hydrogens (tertiary/aromatic N) is 3. The molecule has 0 radical (unpaired) electrons. The Morgan fingerprint density at radius 1 is 1.16 bits per heavy atom. The Bertz CT molecular complexity index is 841. The summed E-state index contributed by atoms with van der Waals surface area (Å²) >= 11 is 1.42. The van der Waals surface area contributed by atoms with Gasteiger partial charge in [-0.1, -0.05) is 61.4 Å². The van der Waals surface area contributed by atoms with Gasteiger partial charge in [0, 0.05) is 18.2 Å². The number of aromatic nitrogens is 2. The number of carbonyl (C=O) groups is 2. The molecule has 1 aromatic carbocycles. The smallest absolute Gasteiger partial charge is 0.286 e. The molecular formula is C23H33ClN4O3S. The maximum absolute atomic E-state index is 13.2. The third-order valence-electron chi connectivity index (χ3n) is 5.55. The van der Waals surface area contributed by atoms with Gasteiger partial charge in [0.05, 0.1) is 6.04 Å². The Morgan fingerprint density at radius 2 is 1.88 bits per heavy atom. The number of ketones is 1. The summed E-state index contributed by atoms with van der Waals surface area (Å²) < 4.78 is 5.61. The average Bonchev–Trinajstić information content (AvgIpc) is 3.26. The van der Waals surface area contributed by atoms with Crippen molar-refractivity contribution in [2.45, 2.75) is 56.2 Å². The summed E-state index contributed by atoms with van der Waals surface area (Å²) in [5.41, 5.74) is 1.12. The molecule has 1 aliphatic carbocycles. The van der Waals surface area contributed by atoms with Gasteiger partial charge in [-0.15, -0.1) is 22.6 Å². The lowest BCUT2D eigenvalue weighted by atomic mass is 9.88. The molecule has 1 saturated carbocycles. The van der Waals surface area contributed by atoms with Gasteiger partial charge >= 0.3 is 0 Å². The second kappa shape index (κ2) is 13.6. The van der Waals surface area contributed by atoms with Crippen LogP contribution in [0.2, 0.25) is 0 Å². The summed E-state index contributed by atoms with van der Waals surface area (Å²) in [6.07, 6.45) is 6.26. The van der Waals surface area contributed by atoms with Crippen LogP contribution in [0.25, 0.3) is 0 Å². The standard InChI is InChI=1S/C23H32N4O3S.ClH/c1-27(2)15-16-31-23-26-25-22(30-23)20(28)19(14-13-17-9-5-3-6-10-17)24-21(29)18-11-7-4-8-12-18;/h3,5-6,9-10,18-19H,4,7-8,11-16H2,1-2H3,(H,24,29);1H. The first-order chi connectivity index (χ1) is 15.0. The molecule has 0 aliphatic heterocycles. The quantitative estimate of drug-likeness (QED) is 0.383. The van der Waals surface area contributed by atoms with Crippen molar-refractivity contribution in [1.29, 1.82) is 0 Å². The van der Waals surface area contributed by atoms with Crippen molar-refractivity contribution in [3.8, 4) is 0 Å². The normalized spacial score (nSPS) is 15.2. The molecule has 0 spiro atoms.